The van der Waals surface area contributed by atoms with Gasteiger partial charge in [-0.05, 0) is 41.2 Å². The summed E-state index contributed by atoms with van der Waals surface area (Å²) in [7, 11) is 0. The zero-order valence-corrected chi connectivity index (χ0v) is 18.6. The SMILES string of the molecule is CC(C)c1cccc(C(C)C)c1-c1n[nH]c(=O)c2cc(Cl)c(-c3ccccc3F)nc12. The van der Waals surface area contributed by atoms with Gasteiger partial charge >= 0.3 is 0 Å². The predicted octanol–water partition coefficient (Wildman–Crippen LogP) is 6.69. The van der Waals surface area contributed by atoms with E-state index in [1.165, 1.54) is 6.07 Å². The summed E-state index contributed by atoms with van der Waals surface area (Å²) in [5.41, 5.74) is 4.31. The summed E-state index contributed by atoms with van der Waals surface area (Å²) in [5, 5.41) is 7.54. The number of hydrogen-bond acceptors (Lipinski definition) is 3. The third-order valence-corrected chi connectivity index (χ3v) is 5.74. The smallest absolute Gasteiger partial charge is 0.267 e. The van der Waals surface area contributed by atoms with Gasteiger partial charge in [0, 0.05) is 11.1 Å². The van der Waals surface area contributed by atoms with Crippen LogP contribution in [0.5, 0.6) is 0 Å². The topological polar surface area (TPSA) is 58.6 Å². The molecule has 31 heavy (non-hydrogen) atoms. The molecule has 2 aromatic heterocycles. The molecule has 6 heteroatoms. The Kier molecular flexibility index (Phi) is 5.63. The monoisotopic (exact) mass is 435 g/mol. The van der Waals surface area contributed by atoms with E-state index in [4.69, 9.17) is 11.6 Å². The molecular formula is C25H23ClFN3O. The number of hydrogen-bond donors (Lipinski definition) is 1. The highest BCUT2D eigenvalue weighted by Gasteiger charge is 2.22. The van der Waals surface area contributed by atoms with Gasteiger partial charge in [-0.25, -0.2) is 14.5 Å². The molecule has 1 N–H and O–H groups in total. The number of fused-ring (bicyclic) bond motifs is 1. The Labute approximate surface area is 185 Å². The van der Waals surface area contributed by atoms with E-state index in [1.54, 1.807) is 24.3 Å². The molecule has 0 bridgehead atoms. The molecule has 0 fully saturated rings. The lowest BCUT2D eigenvalue weighted by molar-refractivity contribution is 0.631. The number of pyridine rings is 1. The fourth-order valence-corrected chi connectivity index (χ4v) is 4.16. The van der Waals surface area contributed by atoms with E-state index < -0.39 is 5.82 Å². The normalized spacial score (nSPS) is 11.6. The van der Waals surface area contributed by atoms with Crippen LogP contribution in [0.25, 0.3) is 33.4 Å². The first-order chi connectivity index (χ1) is 14.8. The van der Waals surface area contributed by atoms with Gasteiger partial charge in [0.25, 0.3) is 5.56 Å². The van der Waals surface area contributed by atoms with Gasteiger partial charge in [-0.15, -0.1) is 0 Å². The van der Waals surface area contributed by atoms with E-state index in [0.717, 1.165) is 16.7 Å². The molecule has 4 nitrogen and oxygen atoms in total. The van der Waals surface area contributed by atoms with Crippen LogP contribution in [0.4, 0.5) is 4.39 Å². The lowest BCUT2D eigenvalue weighted by Gasteiger charge is -2.20. The first kappa shape index (κ1) is 21.2. The molecule has 4 rings (SSSR count). The molecule has 0 atom stereocenters. The van der Waals surface area contributed by atoms with E-state index in [2.05, 4.69) is 55.0 Å². The van der Waals surface area contributed by atoms with E-state index in [1.807, 2.05) is 6.07 Å². The summed E-state index contributed by atoms with van der Waals surface area (Å²) in [4.78, 5) is 17.3. The Hall–Kier alpha value is -3.05. The van der Waals surface area contributed by atoms with E-state index in [9.17, 15) is 9.18 Å². The van der Waals surface area contributed by atoms with Crippen molar-refractivity contribution in [2.24, 2.45) is 0 Å². The van der Waals surface area contributed by atoms with Crippen LogP contribution in [0, 0.1) is 5.82 Å². The number of halogens is 2. The zero-order valence-electron chi connectivity index (χ0n) is 17.8. The molecule has 0 spiro atoms. The van der Waals surface area contributed by atoms with Crippen LogP contribution < -0.4 is 5.56 Å². The first-order valence-electron chi connectivity index (χ1n) is 10.3. The third kappa shape index (κ3) is 3.74. The van der Waals surface area contributed by atoms with Crippen LogP contribution in [-0.2, 0) is 0 Å². The predicted molar refractivity (Wildman–Crippen MR) is 124 cm³/mol. The molecule has 2 aromatic carbocycles. The summed E-state index contributed by atoms with van der Waals surface area (Å²) >= 11 is 6.44. The van der Waals surface area contributed by atoms with E-state index in [-0.39, 0.29) is 33.7 Å². The van der Waals surface area contributed by atoms with Crippen LogP contribution in [0.2, 0.25) is 5.02 Å². The molecule has 0 unspecified atom stereocenters. The summed E-state index contributed by atoms with van der Waals surface area (Å²) in [6.45, 7) is 8.47. The van der Waals surface area contributed by atoms with Gasteiger partial charge in [-0.3, -0.25) is 4.79 Å². The molecule has 0 saturated carbocycles. The van der Waals surface area contributed by atoms with Crippen molar-refractivity contribution in [1.29, 1.82) is 0 Å². The Morgan fingerprint density at radius 2 is 1.58 bits per heavy atom. The van der Waals surface area contributed by atoms with Crippen molar-refractivity contribution in [3.63, 3.8) is 0 Å². The highest BCUT2D eigenvalue weighted by molar-refractivity contribution is 6.33. The quantitative estimate of drug-likeness (QED) is 0.388. The van der Waals surface area contributed by atoms with E-state index in [0.29, 0.717) is 16.6 Å². The van der Waals surface area contributed by atoms with Crippen molar-refractivity contribution in [3.8, 4) is 22.5 Å². The summed E-state index contributed by atoms with van der Waals surface area (Å²) in [6.07, 6.45) is 0. The van der Waals surface area contributed by atoms with Crippen molar-refractivity contribution in [1.82, 2.24) is 15.2 Å². The summed E-state index contributed by atoms with van der Waals surface area (Å²) in [6, 6.07) is 14.0. The minimum Gasteiger partial charge on any atom is -0.267 e. The van der Waals surface area contributed by atoms with Gasteiger partial charge in [0.05, 0.1) is 16.1 Å². The van der Waals surface area contributed by atoms with Crippen LogP contribution in [0.15, 0.2) is 53.3 Å². The Balaban J connectivity index is 2.13. The molecule has 0 amide bonds. The fraction of sp³-hybridized carbons (Fsp3) is 0.240. The van der Waals surface area contributed by atoms with Gasteiger partial charge in [-0.2, -0.15) is 5.10 Å². The van der Waals surface area contributed by atoms with Gasteiger partial charge in [0.2, 0.25) is 0 Å². The van der Waals surface area contributed by atoms with E-state index >= 15 is 0 Å². The van der Waals surface area contributed by atoms with Crippen molar-refractivity contribution in [2.45, 2.75) is 39.5 Å². The molecular weight excluding hydrogens is 413 g/mol. The average Bonchev–Trinajstić information content (AvgIpc) is 2.74. The Morgan fingerprint density at radius 1 is 0.935 bits per heavy atom. The minimum atomic E-state index is -0.430. The second-order valence-electron chi connectivity index (χ2n) is 8.22. The van der Waals surface area contributed by atoms with Gasteiger partial charge in [0.1, 0.15) is 17.0 Å². The van der Waals surface area contributed by atoms with Gasteiger partial charge in [-0.1, -0.05) is 69.6 Å². The number of H-pyrrole nitrogens is 1. The summed E-state index contributed by atoms with van der Waals surface area (Å²) < 4.78 is 14.5. The third-order valence-electron chi connectivity index (χ3n) is 5.45. The molecule has 2 heterocycles. The van der Waals surface area contributed by atoms with Crippen LogP contribution >= 0.6 is 11.6 Å². The minimum absolute atomic E-state index is 0.210. The molecule has 0 radical (unpaired) electrons. The number of benzene rings is 2. The second kappa shape index (κ2) is 8.23. The highest BCUT2D eigenvalue weighted by atomic mass is 35.5. The maximum absolute atomic E-state index is 14.5. The van der Waals surface area contributed by atoms with Crippen molar-refractivity contribution < 1.29 is 4.39 Å². The molecule has 4 aromatic rings. The Bertz CT molecular complexity index is 1320. The number of nitrogens with zero attached hydrogens (tertiary/aromatic N) is 2. The molecule has 0 aliphatic heterocycles. The molecule has 0 saturated heterocycles. The number of aromatic nitrogens is 3. The number of aromatic amines is 1. The lowest BCUT2D eigenvalue weighted by atomic mass is 9.86. The lowest BCUT2D eigenvalue weighted by Crippen LogP contribution is -2.12. The van der Waals surface area contributed by atoms with Crippen LogP contribution in [0.1, 0.15) is 50.7 Å². The van der Waals surface area contributed by atoms with Crippen molar-refractivity contribution in [3.05, 3.63) is 80.9 Å². The van der Waals surface area contributed by atoms with Gasteiger partial charge < -0.3 is 0 Å². The molecule has 0 aliphatic rings. The average molecular weight is 436 g/mol. The second-order valence-corrected chi connectivity index (χ2v) is 8.62. The van der Waals surface area contributed by atoms with Crippen LogP contribution in [0.3, 0.4) is 0 Å². The molecule has 0 aliphatic carbocycles. The number of nitrogens with one attached hydrogen (secondary N) is 1. The first-order valence-corrected chi connectivity index (χ1v) is 10.6. The largest absolute Gasteiger partial charge is 0.273 e. The van der Waals surface area contributed by atoms with Crippen molar-refractivity contribution in [2.75, 3.05) is 0 Å². The zero-order chi connectivity index (χ0) is 22.3. The fourth-order valence-electron chi connectivity index (χ4n) is 3.90. The molecule has 158 valence electrons. The maximum Gasteiger partial charge on any atom is 0.273 e. The Morgan fingerprint density at radius 3 is 2.19 bits per heavy atom. The standard InChI is InChI=1S/C25H23ClFN3O/c1-13(2)15-9-7-10-16(14(3)4)21(15)24-23-18(25(31)30-29-24)12-19(26)22(28-23)17-8-5-6-11-20(17)27/h5-14H,1-4H3,(H,30,31). The van der Waals surface area contributed by atoms with Crippen molar-refractivity contribution >= 4 is 22.5 Å². The highest BCUT2D eigenvalue weighted by Crippen LogP contribution is 2.38. The maximum atomic E-state index is 14.5. The summed E-state index contributed by atoms with van der Waals surface area (Å²) in [5.74, 6) is 0.0349. The van der Waals surface area contributed by atoms with Gasteiger partial charge in [0.15, 0.2) is 0 Å². The van der Waals surface area contributed by atoms with Crippen LogP contribution in [-0.4, -0.2) is 15.2 Å². The number of rotatable bonds is 4.